The molecule has 2 nitrogen and oxygen atoms in total. The lowest BCUT2D eigenvalue weighted by molar-refractivity contribution is -0.00247. The highest BCUT2D eigenvalue weighted by Gasteiger charge is 2.29. The molecule has 0 spiro atoms. The van der Waals surface area contributed by atoms with E-state index >= 15 is 0 Å². The summed E-state index contributed by atoms with van der Waals surface area (Å²) >= 11 is 0. The Bertz CT molecular complexity index is 185. The van der Waals surface area contributed by atoms with Gasteiger partial charge in [-0.25, -0.2) is 0 Å². The van der Waals surface area contributed by atoms with E-state index in [1.165, 1.54) is 57.9 Å². The van der Waals surface area contributed by atoms with Gasteiger partial charge in [0.2, 0.25) is 0 Å². The Morgan fingerprint density at radius 1 is 1.19 bits per heavy atom. The maximum absolute atomic E-state index is 5.87. The Kier molecular flexibility index (Phi) is 5.11. The van der Waals surface area contributed by atoms with Crippen molar-refractivity contribution < 1.29 is 4.74 Å². The summed E-state index contributed by atoms with van der Waals surface area (Å²) in [6.07, 6.45) is 11.3. The van der Waals surface area contributed by atoms with E-state index in [-0.39, 0.29) is 0 Å². The van der Waals surface area contributed by atoms with Crippen LogP contribution in [0.15, 0.2) is 0 Å². The van der Waals surface area contributed by atoms with Crippen LogP contribution >= 0.6 is 0 Å². The first-order valence-electron chi connectivity index (χ1n) is 7.25. The maximum Gasteiger partial charge on any atom is 0.0590 e. The van der Waals surface area contributed by atoms with Crippen LogP contribution in [0.5, 0.6) is 0 Å². The van der Waals surface area contributed by atoms with Crippen LogP contribution in [0, 0.1) is 5.92 Å². The molecule has 0 aromatic heterocycles. The number of hydrogen-bond acceptors (Lipinski definition) is 2. The lowest BCUT2D eigenvalue weighted by atomic mass is 9.77. The van der Waals surface area contributed by atoms with Crippen molar-refractivity contribution in [2.24, 2.45) is 5.92 Å². The fourth-order valence-electron chi connectivity index (χ4n) is 2.89. The third kappa shape index (κ3) is 3.46. The van der Waals surface area contributed by atoms with Crippen LogP contribution in [0.25, 0.3) is 0 Å². The van der Waals surface area contributed by atoms with E-state index in [0.29, 0.717) is 6.10 Å². The van der Waals surface area contributed by atoms with Crippen LogP contribution in [0.1, 0.15) is 58.3 Å². The molecule has 0 aromatic carbocycles. The average molecular weight is 225 g/mol. The summed E-state index contributed by atoms with van der Waals surface area (Å²) in [6.45, 7) is 4.42. The lowest BCUT2D eigenvalue weighted by Gasteiger charge is -2.37. The third-order valence-corrected chi connectivity index (χ3v) is 4.17. The summed E-state index contributed by atoms with van der Waals surface area (Å²) < 4.78 is 5.87. The highest BCUT2D eigenvalue weighted by molar-refractivity contribution is 4.85. The molecule has 2 unspecified atom stereocenters. The second kappa shape index (κ2) is 6.61. The first kappa shape index (κ1) is 12.4. The molecule has 0 bridgehead atoms. The standard InChI is InChI=1S/C14H27NO/c1-2-9-15-14(12-6-5-7-12)11-13-8-3-4-10-16-13/h12-15H,2-11H2,1H3. The third-order valence-electron chi connectivity index (χ3n) is 4.17. The van der Waals surface area contributed by atoms with Crippen LogP contribution in [0.2, 0.25) is 0 Å². The van der Waals surface area contributed by atoms with Crippen LogP contribution < -0.4 is 5.32 Å². The van der Waals surface area contributed by atoms with Gasteiger partial charge in [-0.3, -0.25) is 0 Å². The molecule has 2 aliphatic rings. The zero-order valence-electron chi connectivity index (χ0n) is 10.7. The lowest BCUT2D eigenvalue weighted by Crippen LogP contribution is -2.43. The van der Waals surface area contributed by atoms with Crippen molar-refractivity contribution in [1.29, 1.82) is 0 Å². The Balaban J connectivity index is 1.75. The minimum absolute atomic E-state index is 0.545. The zero-order chi connectivity index (χ0) is 11.2. The molecule has 1 saturated heterocycles. The number of nitrogens with one attached hydrogen (secondary N) is 1. The van der Waals surface area contributed by atoms with Gasteiger partial charge in [0, 0.05) is 12.6 Å². The average Bonchev–Trinajstić information content (AvgIpc) is 2.25. The summed E-state index contributed by atoms with van der Waals surface area (Å²) in [6, 6.07) is 0.733. The van der Waals surface area contributed by atoms with Gasteiger partial charge >= 0.3 is 0 Å². The monoisotopic (exact) mass is 225 g/mol. The highest BCUT2D eigenvalue weighted by Crippen LogP contribution is 2.32. The fraction of sp³-hybridized carbons (Fsp3) is 1.00. The van der Waals surface area contributed by atoms with Crippen molar-refractivity contribution in [2.45, 2.75) is 70.4 Å². The van der Waals surface area contributed by atoms with E-state index in [1.54, 1.807) is 0 Å². The largest absolute Gasteiger partial charge is 0.378 e. The second-order valence-electron chi connectivity index (χ2n) is 5.48. The molecule has 2 fully saturated rings. The normalized spacial score (nSPS) is 28.7. The molecule has 1 saturated carbocycles. The molecule has 2 rings (SSSR count). The Morgan fingerprint density at radius 2 is 2.06 bits per heavy atom. The summed E-state index contributed by atoms with van der Waals surface area (Å²) in [7, 11) is 0. The second-order valence-corrected chi connectivity index (χ2v) is 5.48. The molecule has 0 aromatic rings. The fourth-order valence-corrected chi connectivity index (χ4v) is 2.89. The van der Waals surface area contributed by atoms with Crippen LogP contribution in [0.3, 0.4) is 0 Å². The summed E-state index contributed by atoms with van der Waals surface area (Å²) in [5.74, 6) is 0.942. The summed E-state index contributed by atoms with van der Waals surface area (Å²) in [4.78, 5) is 0. The topological polar surface area (TPSA) is 21.3 Å². The molecule has 1 N–H and O–H groups in total. The van der Waals surface area contributed by atoms with Crippen molar-refractivity contribution in [3.05, 3.63) is 0 Å². The molecule has 1 aliphatic carbocycles. The number of rotatable bonds is 6. The predicted molar refractivity (Wildman–Crippen MR) is 67.6 cm³/mol. The first-order valence-corrected chi connectivity index (χ1v) is 7.25. The first-order chi connectivity index (χ1) is 7.90. The Hall–Kier alpha value is -0.0800. The molecule has 1 heterocycles. The molecule has 94 valence electrons. The van der Waals surface area contributed by atoms with Gasteiger partial charge in [-0.15, -0.1) is 0 Å². The van der Waals surface area contributed by atoms with Gasteiger partial charge in [-0.1, -0.05) is 13.3 Å². The molecule has 0 radical (unpaired) electrons. The van der Waals surface area contributed by atoms with Crippen molar-refractivity contribution in [2.75, 3.05) is 13.2 Å². The van der Waals surface area contributed by atoms with Crippen LogP contribution in [-0.2, 0) is 4.74 Å². The Labute approximate surface area is 100 Å². The molecule has 16 heavy (non-hydrogen) atoms. The quantitative estimate of drug-likeness (QED) is 0.750. The van der Waals surface area contributed by atoms with Gasteiger partial charge in [0.15, 0.2) is 0 Å². The van der Waals surface area contributed by atoms with Gasteiger partial charge in [0.1, 0.15) is 0 Å². The van der Waals surface area contributed by atoms with E-state index in [2.05, 4.69) is 12.2 Å². The molecular formula is C14H27NO. The van der Waals surface area contributed by atoms with Crippen molar-refractivity contribution in [3.8, 4) is 0 Å². The maximum atomic E-state index is 5.87. The van der Waals surface area contributed by atoms with Gasteiger partial charge < -0.3 is 10.1 Å². The smallest absolute Gasteiger partial charge is 0.0590 e. The minimum Gasteiger partial charge on any atom is -0.378 e. The van der Waals surface area contributed by atoms with Crippen molar-refractivity contribution in [3.63, 3.8) is 0 Å². The van der Waals surface area contributed by atoms with Crippen molar-refractivity contribution >= 4 is 0 Å². The predicted octanol–water partition coefficient (Wildman–Crippen LogP) is 3.11. The van der Waals surface area contributed by atoms with Gasteiger partial charge in [0.25, 0.3) is 0 Å². The molecule has 2 atom stereocenters. The molecule has 0 amide bonds. The molecular weight excluding hydrogens is 198 g/mol. The molecule has 1 aliphatic heterocycles. The van der Waals surface area contributed by atoms with E-state index in [0.717, 1.165) is 18.6 Å². The van der Waals surface area contributed by atoms with E-state index < -0.39 is 0 Å². The van der Waals surface area contributed by atoms with Crippen molar-refractivity contribution in [1.82, 2.24) is 5.32 Å². The highest BCUT2D eigenvalue weighted by atomic mass is 16.5. The minimum atomic E-state index is 0.545. The van der Waals surface area contributed by atoms with Gasteiger partial charge in [0.05, 0.1) is 6.10 Å². The van der Waals surface area contributed by atoms with Crippen LogP contribution in [-0.4, -0.2) is 25.3 Å². The Morgan fingerprint density at radius 3 is 2.62 bits per heavy atom. The zero-order valence-corrected chi connectivity index (χ0v) is 10.7. The van der Waals surface area contributed by atoms with E-state index in [1.807, 2.05) is 0 Å². The summed E-state index contributed by atoms with van der Waals surface area (Å²) in [5.41, 5.74) is 0. The SMILES string of the molecule is CCCNC(CC1CCCCO1)C1CCC1. The van der Waals surface area contributed by atoms with Crippen LogP contribution in [0.4, 0.5) is 0 Å². The number of ether oxygens (including phenoxy) is 1. The number of hydrogen-bond donors (Lipinski definition) is 1. The van der Waals surface area contributed by atoms with E-state index in [4.69, 9.17) is 4.74 Å². The van der Waals surface area contributed by atoms with Gasteiger partial charge in [-0.05, 0) is 57.4 Å². The van der Waals surface area contributed by atoms with Gasteiger partial charge in [-0.2, -0.15) is 0 Å². The molecule has 2 heteroatoms. The summed E-state index contributed by atoms with van der Waals surface area (Å²) in [5, 5.41) is 3.74. The van der Waals surface area contributed by atoms with E-state index in [9.17, 15) is 0 Å².